The number of nitrogens with zero attached hydrogens (tertiary/aromatic N) is 2. The molecule has 0 fully saturated rings. The zero-order valence-corrected chi connectivity index (χ0v) is 13.6. The van der Waals surface area contributed by atoms with Gasteiger partial charge in [0.2, 0.25) is 5.89 Å². The number of rotatable bonds is 4. The van der Waals surface area contributed by atoms with Crippen LogP contribution in [0.25, 0.3) is 11.5 Å². The first-order valence-electron chi connectivity index (χ1n) is 6.80. The SMILES string of the molecule is FC(F)(F)c1ccc(CSc2nnc(-c3ccc(Cl)cc3)o2)cc1. The highest BCUT2D eigenvalue weighted by Crippen LogP contribution is 2.30. The smallest absolute Gasteiger partial charge is 0.411 e. The number of hydrogen-bond donors (Lipinski definition) is 0. The monoisotopic (exact) mass is 370 g/mol. The highest BCUT2D eigenvalue weighted by atomic mass is 35.5. The summed E-state index contributed by atoms with van der Waals surface area (Å²) >= 11 is 7.08. The first kappa shape index (κ1) is 16.9. The number of hydrogen-bond acceptors (Lipinski definition) is 4. The van der Waals surface area contributed by atoms with Gasteiger partial charge < -0.3 is 4.42 Å². The molecule has 3 nitrogen and oxygen atoms in total. The van der Waals surface area contributed by atoms with Gasteiger partial charge in [0.05, 0.1) is 5.56 Å². The molecule has 0 unspecified atom stereocenters. The van der Waals surface area contributed by atoms with E-state index in [1.165, 1.54) is 23.9 Å². The van der Waals surface area contributed by atoms with Crippen LogP contribution in [-0.4, -0.2) is 10.2 Å². The van der Waals surface area contributed by atoms with Crippen LogP contribution in [0.4, 0.5) is 13.2 Å². The molecule has 1 heterocycles. The molecule has 0 aliphatic heterocycles. The molecule has 0 amide bonds. The molecule has 0 aliphatic carbocycles. The van der Waals surface area contributed by atoms with Gasteiger partial charge in [0.15, 0.2) is 0 Å². The van der Waals surface area contributed by atoms with Gasteiger partial charge in [0.1, 0.15) is 0 Å². The standard InChI is InChI=1S/C16H10ClF3N2OS/c17-13-7-3-11(4-8-13)14-21-22-15(23-14)24-9-10-1-5-12(6-2-10)16(18,19)20/h1-8H,9H2. The fourth-order valence-corrected chi connectivity index (χ4v) is 2.76. The first-order valence-corrected chi connectivity index (χ1v) is 8.16. The Morgan fingerprint density at radius 1 is 0.958 bits per heavy atom. The van der Waals surface area contributed by atoms with E-state index in [1.807, 2.05) is 0 Å². The zero-order chi connectivity index (χ0) is 17.2. The van der Waals surface area contributed by atoms with Crippen molar-refractivity contribution < 1.29 is 17.6 Å². The van der Waals surface area contributed by atoms with Gasteiger partial charge in [0, 0.05) is 16.3 Å². The predicted octanol–water partition coefficient (Wildman–Crippen LogP) is 5.70. The van der Waals surface area contributed by atoms with Crippen molar-refractivity contribution in [3.05, 3.63) is 64.7 Å². The summed E-state index contributed by atoms with van der Waals surface area (Å²) in [6.07, 6.45) is -4.33. The zero-order valence-electron chi connectivity index (χ0n) is 12.0. The number of alkyl halides is 3. The molecule has 2 aromatic carbocycles. The maximum absolute atomic E-state index is 12.5. The molecule has 8 heteroatoms. The van der Waals surface area contributed by atoms with Crippen molar-refractivity contribution in [2.45, 2.75) is 17.2 Å². The molecule has 0 atom stereocenters. The normalized spacial score (nSPS) is 11.7. The van der Waals surface area contributed by atoms with E-state index in [0.29, 0.717) is 21.9 Å². The Hall–Kier alpha value is -1.99. The molecule has 24 heavy (non-hydrogen) atoms. The summed E-state index contributed by atoms with van der Waals surface area (Å²) in [4.78, 5) is 0. The highest BCUT2D eigenvalue weighted by molar-refractivity contribution is 7.98. The minimum absolute atomic E-state index is 0.347. The predicted molar refractivity (Wildman–Crippen MR) is 85.7 cm³/mol. The van der Waals surface area contributed by atoms with E-state index < -0.39 is 11.7 Å². The van der Waals surface area contributed by atoms with Crippen molar-refractivity contribution >= 4 is 23.4 Å². The van der Waals surface area contributed by atoms with Crippen LogP contribution in [0.1, 0.15) is 11.1 Å². The third kappa shape index (κ3) is 4.10. The van der Waals surface area contributed by atoms with Crippen molar-refractivity contribution in [3.8, 4) is 11.5 Å². The van der Waals surface area contributed by atoms with Crippen LogP contribution in [0.2, 0.25) is 5.02 Å². The van der Waals surface area contributed by atoms with Crippen LogP contribution in [-0.2, 0) is 11.9 Å². The molecular weight excluding hydrogens is 361 g/mol. The minimum atomic E-state index is -4.33. The first-order chi connectivity index (χ1) is 11.4. The average molecular weight is 371 g/mol. The Kier molecular flexibility index (Phi) is 4.82. The van der Waals surface area contributed by atoms with Crippen LogP contribution in [0.3, 0.4) is 0 Å². The molecular formula is C16H10ClF3N2OS. The summed E-state index contributed by atoms with van der Waals surface area (Å²) in [7, 11) is 0. The molecule has 0 radical (unpaired) electrons. The van der Waals surface area contributed by atoms with Gasteiger partial charge in [-0.2, -0.15) is 13.2 Å². The third-order valence-electron chi connectivity index (χ3n) is 3.14. The Bertz CT molecular complexity index is 817. The number of halogens is 4. The summed E-state index contributed by atoms with van der Waals surface area (Å²) < 4.78 is 43.1. The summed E-state index contributed by atoms with van der Waals surface area (Å²) in [5.41, 5.74) is 0.812. The lowest BCUT2D eigenvalue weighted by Gasteiger charge is -2.06. The van der Waals surface area contributed by atoms with E-state index in [9.17, 15) is 13.2 Å². The van der Waals surface area contributed by atoms with Gasteiger partial charge in [-0.3, -0.25) is 0 Å². The largest absolute Gasteiger partial charge is 0.416 e. The van der Waals surface area contributed by atoms with Crippen molar-refractivity contribution in [2.75, 3.05) is 0 Å². The second-order valence-corrected chi connectivity index (χ2v) is 6.23. The van der Waals surface area contributed by atoms with Gasteiger partial charge in [-0.25, -0.2) is 0 Å². The summed E-state index contributed by atoms with van der Waals surface area (Å²) in [6, 6.07) is 12.0. The number of thioether (sulfide) groups is 1. The molecule has 0 saturated carbocycles. The van der Waals surface area contributed by atoms with Crippen LogP contribution in [0.15, 0.2) is 58.2 Å². The van der Waals surface area contributed by atoms with Gasteiger partial charge in [0.25, 0.3) is 5.22 Å². The fourth-order valence-electron chi connectivity index (χ4n) is 1.91. The Morgan fingerprint density at radius 2 is 1.62 bits per heavy atom. The van der Waals surface area contributed by atoms with Crippen LogP contribution in [0.5, 0.6) is 0 Å². The van der Waals surface area contributed by atoms with Crippen LogP contribution >= 0.6 is 23.4 Å². The molecule has 3 rings (SSSR count). The molecule has 124 valence electrons. The molecule has 0 spiro atoms. The van der Waals surface area contributed by atoms with Gasteiger partial charge in [-0.05, 0) is 42.0 Å². The topological polar surface area (TPSA) is 38.9 Å². The van der Waals surface area contributed by atoms with Gasteiger partial charge >= 0.3 is 6.18 Å². The van der Waals surface area contributed by atoms with E-state index >= 15 is 0 Å². The summed E-state index contributed by atoms with van der Waals surface area (Å²) in [5.74, 6) is 0.794. The van der Waals surface area contributed by atoms with Crippen LogP contribution < -0.4 is 0 Å². The maximum atomic E-state index is 12.5. The molecule has 0 aliphatic rings. The summed E-state index contributed by atoms with van der Waals surface area (Å²) in [6.45, 7) is 0. The van der Waals surface area contributed by atoms with E-state index in [2.05, 4.69) is 10.2 Å². The van der Waals surface area contributed by atoms with E-state index in [-0.39, 0.29) is 0 Å². The highest BCUT2D eigenvalue weighted by Gasteiger charge is 2.29. The summed E-state index contributed by atoms with van der Waals surface area (Å²) in [5, 5.41) is 8.82. The quantitative estimate of drug-likeness (QED) is 0.552. The van der Waals surface area contributed by atoms with Crippen LogP contribution in [0, 0.1) is 0 Å². The number of benzene rings is 2. The second kappa shape index (κ2) is 6.86. The lowest BCUT2D eigenvalue weighted by Crippen LogP contribution is -2.04. The Morgan fingerprint density at radius 3 is 2.25 bits per heavy atom. The molecule has 3 aromatic rings. The minimum Gasteiger partial charge on any atom is -0.411 e. The average Bonchev–Trinajstić information content (AvgIpc) is 3.02. The molecule has 0 N–H and O–H groups in total. The molecule has 0 bridgehead atoms. The van der Waals surface area contributed by atoms with Crippen molar-refractivity contribution in [1.29, 1.82) is 0 Å². The van der Waals surface area contributed by atoms with Crippen molar-refractivity contribution in [1.82, 2.24) is 10.2 Å². The second-order valence-electron chi connectivity index (χ2n) is 4.86. The lowest BCUT2D eigenvalue weighted by molar-refractivity contribution is -0.137. The Labute approximate surface area is 144 Å². The lowest BCUT2D eigenvalue weighted by atomic mass is 10.1. The van der Waals surface area contributed by atoms with E-state index in [0.717, 1.165) is 23.3 Å². The molecule has 1 aromatic heterocycles. The Balaban J connectivity index is 1.64. The van der Waals surface area contributed by atoms with Gasteiger partial charge in [-0.1, -0.05) is 35.5 Å². The van der Waals surface area contributed by atoms with Crippen molar-refractivity contribution in [3.63, 3.8) is 0 Å². The van der Waals surface area contributed by atoms with Gasteiger partial charge in [-0.15, -0.1) is 10.2 Å². The third-order valence-corrected chi connectivity index (χ3v) is 4.28. The maximum Gasteiger partial charge on any atom is 0.416 e. The van der Waals surface area contributed by atoms with E-state index in [4.69, 9.17) is 16.0 Å². The van der Waals surface area contributed by atoms with Crippen molar-refractivity contribution in [2.24, 2.45) is 0 Å². The molecule has 0 saturated heterocycles. The van der Waals surface area contributed by atoms with E-state index in [1.54, 1.807) is 24.3 Å². The number of aromatic nitrogens is 2. The fraction of sp³-hybridized carbons (Fsp3) is 0.125.